The molecule has 0 saturated carbocycles. The van der Waals surface area contributed by atoms with E-state index < -0.39 is 0 Å². The van der Waals surface area contributed by atoms with Crippen molar-refractivity contribution in [3.63, 3.8) is 0 Å². The molecular weight excluding hydrogens is 344 g/mol. The first-order valence-corrected chi connectivity index (χ1v) is 9.34. The zero-order valence-corrected chi connectivity index (χ0v) is 15.4. The van der Waals surface area contributed by atoms with Crippen LogP contribution in [0, 0.1) is 5.92 Å². The van der Waals surface area contributed by atoms with E-state index in [1.165, 1.54) is 0 Å². The summed E-state index contributed by atoms with van der Waals surface area (Å²) < 4.78 is 11.2. The summed E-state index contributed by atoms with van der Waals surface area (Å²) in [6.45, 7) is 2.12. The number of hydrogen-bond acceptors (Lipinski definition) is 6. The highest BCUT2D eigenvalue weighted by atomic mass is 16.5. The van der Waals surface area contributed by atoms with Crippen molar-refractivity contribution >= 4 is 11.7 Å². The van der Waals surface area contributed by atoms with Crippen LogP contribution in [0.4, 0.5) is 5.82 Å². The first-order chi connectivity index (χ1) is 13.2. The van der Waals surface area contributed by atoms with Crippen molar-refractivity contribution in [2.45, 2.75) is 25.3 Å². The number of fused-ring (bicyclic) bond motifs is 1. The van der Waals surface area contributed by atoms with Gasteiger partial charge in [-0.25, -0.2) is 4.98 Å². The van der Waals surface area contributed by atoms with Crippen molar-refractivity contribution in [2.75, 3.05) is 31.7 Å². The van der Waals surface area contributed by atoms with Crippen LogP contribution >= 0.6 is 0 Å². The maximum atomic E-state index is 12.7. The molecule has 1 N–H and O–H groups in total. The van der Waals surface area contributed by atoms with Crippen LogP contribution in [-0.2, 0) is 11.2 Å². The number of rotatable bonds is 4. The van der Waals surface area contributed by atoms with Crippen molar-refractivity contribution in [1.29, 1.82) is 0 Å². The smallest absolute Gasteiger partial charge is 0.227 e. The van der Waals surface area contributed by atoms with Gasteiger partial charge in [0.05, 0.1) is 19.2 Å². The molecule has 1 aromatic carbocycles. The minimum absolute atomic E-state index is 0.0708. The van der Waals surface area contributed by atoms with E-state index in [0.29, 0.717) is 13.0 Å². The highest BCUT2D eigenvalue weighted by Gasteiger charge is 2.30. The number of nitrogens with one attached hydrogen (secondary N) is 1. The largest absolute Gasteiger partial charge is 0.493 e. The normalized spacial score (nSPS) is 19.7. The maximum Gasteiger partial charge on any atom is 0.227 e. The fourth-order valence-corrected chi connectivity index (χ4v) is 3.75. The van der Waals surface area contributed by atoms with Crippen LogP contribution in [0.25, 0.3) is 0 Å². The predicted molar refractivity (Wildman–Crippen MR) is 101 cm³/mol. The molecule has 0 radical (unpaired) electrons. The van der Waals surface area contributed by atoms with Gasteiger partial charge in [0.25, 0.3) is 0 Å². The standard InChI is InChI=1S/C20H24N4O3/c1-26-17-4-2-3-14-11-15(13-27-19(14)17)20(25)23-16-5-9-24(10-6-16)18-12-21-7-8-22-18/h2-4,7-8,12,15-16H,5-6,9-11,13H2,1H3,(H,23,25)/t15-/m1/s1. The van der Waals surface area contributed by atoms with Crippen molar-refractivity contribution < 1.29 is 14.3 Å². The van der Waals surface area contributed by atoms with Gasteiger partial charge in [0.2, 0.25) is 5.91 Å². The second-order valence-corrected chi connectivity index (χ2v) is 6.99. The van der Waals surface area contributed by atoms with Gasteiger partial charge in [-0.15, -0.1) is 0 Å². The van der Waals surface area contributed by atoms with Crippen molar-refractivity contribution in [2.24, 2.45) is 5.92 Å². The SMILES string of the molecule is COc1cccc2c1OC[C@H](C(=O)NC1CCN(c3cnccn3)CC1)C2. The number of piperidine rings is 1. The van der Waals surface area contributed by atoms with Crippen molar-refractivity contribution in [1.82, 2.24) is 15.3 Å². The predicted octanol–water partition coefficient (Wildman–Crippen LogP) is 1.82. The van der Waals surface area contributed by atoms with Gasteiger partial charge in [-0.1, -0.05) is 12.1 Å². The molecule has 4 rings (SSSR count). The van der Waals surface area contributed by atoms with Gasteiger partial charge in [0.1, 0.15) is 12.4 Å². The van der Waals surface area contributed by atoms with E-state index in [0.717, 1.165) is 48.8 Å². The highest BCUT2D eigenvalue weighted by Crippen LogP contribution is 2.36. The lowest BCUT2D eigenvalue weighted by molar-refractivity contribution is -0.127. The minimum Gasteiger partial charge on any atom is -0.493 e. The van der Waals surface area contributed by atoms with Crippen LogP contribution in [0.2, 0.25) is 0 Å². The number of benzene rings is 1. The first kappa shape index (κ1) is 17.6. The molecule has 1 fully saturated rings. The van der Waals surface area contributed by atoms with E-state index in [1.54, 1.807) is 25.7 Å². The molecule has 7 nitrogen and oxygen atoms in total. The van der Waals surface area contributed by atoms with Gasteiger partial charge in [0, 0.05) is 31.5 Å². The van der Waals surface area contributed by atoms with Gasteiger partial charge in [0.15, 0.2) is 11.5 Å². The zero-order chi connectivity index (χ0) is 18.6. The second-order valence-electron chi connectivity index (χ2n) is 6.99. The van der Waals surface area contributed by atoms with Gasteiger partial charge >= 0.3 is 0 Å². The van der Waals surface area contributed by atoms with E-state index in [1.807, 2.05) is 18.2 Å². The molecule has 142 valence electrons. The number of anilines is 1. The lowest BCUT2D eigenvalue weighted by Crippen LogP contribution is -2.48. The topological polar surface area (TPSA) is 76.6 Å². The molecule has 2 aromatic rings. The average molecular weight is 368 g/mol. The fourth-order valence-electron chi connectivity index (χ4n) is 3.75. The molecule has 1 atom stereocenters. The Labute approximate surface area is 158 Å². The molecule has 0 bridgehead atoms. The van der Waals surface area contributed by atoms with Crippen molar-refractivity contribution in [3.8, 4) is 11.5 Å². The van der Waals surface area contributed by atoms with Gasteiger partial charge < -0.3 is 19.7 Å². The monoisotopic (exact) mass is 368 g/mol. The molecular formula is C20H24N4O3. The van der Waals surface area contributed by atoms with Crippen molar-refractivity contribution in [3.05, 3.63) is 42.4 Å². The summed E-state index contributed by atoms with van der Waals surface area (Å²) in [5.41, 5.74) is 1.03. The third kappa shape index (κ3) is 3.82. The molecule has 7 heteroatoms. The Morgan fingerprint density at radius 1 is 1.30 bits per heavy atom. The number of hydrogen-bond donors (Lipinski definition) is 1. The molecule has 3 heterocycles. The van der Waals surface area contributed by atoms with E-state index in [9.17, 15) is 4.79 Å². The molecule has 1 aromatic heterocycles. The molecule has 2 aliphatic heterocycles. The molecule has 0 unspecified atom stereocenters. The van der Waals surface area contributed by atoms with Gasteiger partial charge in [-0.2, -0.15) is 0 Å². The Bertz CT molecular complexity index is 791. The minimum atomic E-state index is -0.164. The average Bonchev–Trinajstić information content (AvgIpc) is 2.74. The summed E-state index contributed by atoms with van der Waals surface area (Å²) in [4.78, 5) is 23.4. The summed E-state index contributed by atoms with van der Waals surface area (Å²) in [7, 11) is 1.63. The van der Waals surface area contributed by atoms with Crippen LogP contribution in [0.5, 0.6) is 11.5 Å². The third-order valence-corrected chi connectivity index (χ3v) is 5.26. The molecule has 27 heavy (non-hydrogen) atoms. The third-order valence-electron chi connectivity index (χ3n) is 5.26. The van der Waals surface area contributed by atoms with E-state index in [2.05, 4.69) is 20.2 Å². The quantitative estimate of drug-likeness (QED) is 0.887. The number of aromatic nitrogens is 2. The van der Waals surface area contributed by atoms with Crippen LogP contribution < -0.4 is 19.7 Å². The van der Waals surface area contributed by atoms with Crippen LogP contribution in [0.3, 0.4) is 0 Å². The van der Waals surface area contributed by atoms with E-state index in [-0.39, 0.29) is 17.9 Å². The Kier molecular flexibility index (Phi) is 5.09. The number of nitrogens with zero attached hydrogens (tertiary/aromatic N) is 3. The second kappa shape index (κ2) is 7.82. The maximum absolute atomic E-state index is 12.7. The number of carbonyl (C=O) groups excluding carboxylic acids is 1. The Balaban J connectivity index is 1.31. The zero-order valence-electron chi connectivity index (χ0n) is 15.4. The summed E-state index contributed by atoms with van der Waals surface area (Å²) in [6.07, 6.45) is 7.65. The summed E-state index contributed by atoms with van der Waals surface area (Å²) in [5.74, 6) is 2.29. The highest BCUT2D eigenvalue weighted by molar-refractivity contribution is 5.80. The molecule has 1 saturated heterocycles. The van der Waals surface area contributed by atoms with Crippen LogP contribution in [0.15, 0.2) is 36.8 Å². The Morgan fingerprint density at radius 2 is 2.15 bits per heavy atom. The lowest BCUT2D eigenvalue weighted by atomic mass is 9.94. The van der Waals surface area contributed by atoms with Crippen LogP contribution in [-0.4, -0.2) is 48.7 Å². The molecule has 0 spiro atoms. The molecule has 2 aliphatic rings. The number of para-hydroxylation sites is 1. The lowest BCUT2D eigenvalue weighted by Gasteiger charge is -2.34. The molecule has 1 amide bonds. The Morgan fingerprint density at radius 3 is 2.89 bits per heavy atom. The number of ether oxygens (including phenoxy) is 2. The fraction of sp³-hybridized carbons (Fsp3) is 0.450. The van der Waals surface area contributed by atoms with Crippen LogP contribution in [0.1, 0.15) is 18.4 Å². The van der Waals surface area contributed by atoms with Gasteiger partial charge in [-0.3, -0.25) is 9.78 Å². The summed E-state index contributed by atoms with van der Waals surface area (Å²) >= 11 is 0. The van der Waals surface area contributed by atoms with Gasteiger partial charge in [-0.05, 0) is 30.9 Å². The summed E-state index contributed by atoms with van der Waals surface area (Å²) in [6, 6.07) is 6.00. The number of methoxy groups -OCH3 is 1. The summed E-state index contributed by atoms with van der Waals surface area (Å²) in [5, 5.41) is 3.21. The number of amides is 1. The van der Waals surface area contributed by atoms with E-state index in [4.69, 9.17) is 9.47 Å². The van der Waals surface area contributed by atoms with E-state index >= 15 is 0 Å². The first-order valence-electron chi connectivity index (χ1n) is 9.34. The Hall–Kier alpha value is -2.83. The number of carbonyl (C=O) groups is 1. The molecule has 0 aliphatic carbocycles.